The van der Waals surface area contributed by atoms with E-state index in [2.05, 4.69) is 0 Å². The topological polar surface area (TPSA) is 0 Å². The van der Waals surface area contributed by atoms with Gasteiger partial charge in [0.1, 0.15) is 0 Å². The zero-order valence-electron chi connectivity index (χ0n) is 2.95. The van der Waals surface area contributed by atoms with Crippen molar-refractivity contribution in [2.45, 2.75) is 0 Å². The molecule has 0 saturated carbocycles. The van der Waals surface area contributed by atoms with Gasteiger partial charge in [-0.05, 0) is 0 Å². The molecule has 0 saturated heterocycles. The van der Waals surface area contributed by atoms with Crippen LogP contribution in [0.5, 0.6) is 0 Å². The molecule has 0 spiro atoms. The third-order valence-electron chi connectivity index (χ3n) is 0. The van der Waals surface area contributed by atoms with Crippen molar-refractivity contribution in [3.63, 3.8) is 0 Å². The number of rotatable bonds is 0. The van der Waals surface area contributed by atoms with E-state index in [1.54, 1.807) is 0 Å². The van der Waals surface area contributed by atoms with E-state index < -0.39 is 0 Å². The maximum Gasteiger partial charge on any atom is 0 e. The second kappa shape index (κ2) is 24.6. The fourth-order valence-electron chi connectivity index (χ4n) is 0. The Labute approximate surface area is 118 Å². The van der Waals surface area contributed by atoms with Crippen LogP contribution in [0.3, 0.4) is 0 Å². The van der Waals surface area contributed by atoms with Gasteiger partial charge in [-0.15, -0.1) is 0 Å². The molecule has 9 radical (unpaired) electrons. The molecule has 5 heavy (non-hydrogen) atoms. The molecule has 0 aromatic heterocycles. The minimum atomic E-state index is 0. The van der Waals surface area contributed by atoms with Crippen LogP contribution in [0.4, 0.5) is 0 Å². The van der Waals surface area contributed by atoms with Crippen LogP contribution < -0.4 is 0 Å². The van der Waals surface area contributed by atoms with Crippen molar-refractivity contribution < 1.29 is 42.9 Å². The summed E-state index contributed by atoms with van der Waals surface area (Å²) in [5.41, 5.74) is 0. The SMILES string of the molecule is [Al].[Ca].[Mg].[Mn].[Sc]. The molecule has 0 aromatic rings. The predicted octanol–water partition coefficient (Wildman–Crippen LogP) is -1.15. The zero-order chi connectivity index (χ0) is 0. The van der Waals surface area contributed by atoms with Gasteiger partial charge in [0.15, 0.2) is 0 Å². The molecule has 0 heterocycles. The molecule has 0 N–H and O–H groups in total. The quantitative estimate of drug-likeness (QED) is 0.424. The van der Waals surface area contributed by atoms with Crippen molar-refractivity contribution in [3.8, 4) is 0 Å². The smallest absolute Gasteiger partial charge is 0 e. The molecule has 17 valence electrons. The Morgan fingerprint density at radius 2 is 1.00 bits per heavy atom. The fraction of sp³-hybridized carbons (Fsp3) is 0. The molecule has 0 aromatic carbocycles. The van der Waals surface area contributed by atoms with Crippen LogP contribution in [0.1, 0.15) is 0 Å². The molecule has 5 heteroatoms. The summed E-state index contributed by atoms with van der Waals surface area (Å²) < 4.78 is 0. The molecule has 0 nitrogen and oxygen atoms in total. The molecule has 0 atom stereocenters. The van der Waals surface area contributed by atoms with Gasteiger partial charge in [-0.1, -0.05) is 0 Å². The summed E-state index contributed by atoms with van der Waals surface area (Å²) in [7, 11) is 0. The molecule has 0 aliphatic rings. The first kappa shape index (κ1) is 36.3. The van der Waals surface area contributed by atoms with E-state index in [9.17, 15) is 0 Å². The molecule has 0 fully saturated rings. The van der Waals surface area contributed by atoms with Crippen molar-refractivity contribution in [3.05, 3.63) is 0 Å². The van der Waals surface area contributed by atoms with Crippen LogP contribution in [-0.2, 0) is 42.9 Å². The number of hydrogen-bond acceptors (Lipinski definition) is 0. The second-order valence-electron chi connectivity index (χ2n) is 0. The minimum Gasteiger partial charge on any atom is 0 e. The van der Waals surface area contributed by atoms with E-state index in [0.717, 1.165) is 0 Å². The number of hydrogen-bond donors (Lipinski definition) is 0. The van der Waals surface area contributed by atoms with Crippen molar-refractivity contribution >= 4 is 78.2 Å². The van der Waals surface area contributed by atoms with Gasteiger partial charge in [-0.2, -0.15) is 0 Å². The second-order valence-corrected chi connectivity index (χ2v) is 0. The standard InChI is InChI=1S/Al.Ca.Mg.Mn.Sc. The summed E-state index contributed by atoms with van der Waals surface area (Å²) in [6, 6.07) is 0. The Morgan fingerprint density at radius 3 is 1.00 bits per heavy atom. The van der Waals surface area contributed by atoms with E-state index in [1.807, 2.05) is 0 Å². The minimum absolute atomic E-state index is 0. The zero-order valence-corrected chi connectivity index (χ0v) is 10.7. The molecule has 0 aliphatic carbocycles. The summed E-state index contributed by atoms with van der Waals surface area (Å²) in [4.78, 5) is 0. The Bertz CT molecular complexity index is 11.6. The van der Waals surface area contributed by atoms with E-state index in [0.29, 0.717) is 0 Å². The fourth-order valence-corrected chi connectivity index (χ4v) is 0. The van der Waals surface area contributed by atoms with Crippen LogP contribution in [0.25, 0.3) is 0 Å². The van der Waals surface area contributed by atoms with Gasteiger partial charge >= 0.3 is 0 Å². The van der Waals surface area contributed by atoms with Gasteiger partial charge in [0.2, 0.25) is 0 Å². The van der Waals surface area contributed by atoms with Crippen molar-refractivity contribution in [2.24, 2.45) is 0 Å². The maximum atomic E-state index is 0. The normalized spacial score (nSPS) is 0. The van der Waals surface area contributed by atoms with Crippen LogP contribution in [0, 0.1) is 0 Å². The van der Waals surface area contributed by atoms with Gasteiger partial charge in [0, 0.05) is 121 Å². The molecular formula is AlCaMgMnSc. The summed E-state index contributed by atoms with van der Waals surface area (Å²) in [6.45, 7) is 0. The van der Waals surface area contributed by atoms with Crippen LogP contribution >= 0.6 is 0 Å². The van der Waals surface area contributed by atoms with Crippen molar-refractivity contribution in [1.29, 1.82) is 0 Å². The summed E-state index contributed by atoms with van der Waals surface area (Å²) in [5, 5.41) is 0. The first-order valence-corrected chi connectivity index (χ1v) is 0. The van der Waals surface area contributed by atoms with Gasteiger partial charge in [-0.25, -0.2) is 0 Å². The van der Waals surface area contributed by atoms with Gasteiger partial charge in [0.25, 0.3) is 0 Å². The maximum absolute atomic E-state index is 0. The van der Waals surface area contributed by atoms with E-state index in [4.69, 9.17) is 0 Å². The average molecular weight is 191 g/mol. The first-order chi connectivity index (χ1) is 0. The molecule has 0 bridgehead atoms. The van der Waals surface area contributed by atoms with E-state index in [1.165, 1.54) is 0 Å². The summed E-state index contributed by atoms with van der Waals surface area (Å²) in [5.74, 6) is 0. The summed E-state index contributed by atoms with van der Waals surface area (Å²) in [6.07, 6.45) is 0. The average Bonchev–Trinajstić information content (AvgIpc) is 0. The van der Waals surface area contributed by atoms with Crippen LogP contribution in [-0.4, -0.2) is 78.2 Å². The predicted molar refractivity (Wildman–Crippen MR) is 17.3 cm³/mol. The molecule has 0 unspecified atom stereocenters. The van der Waals surface area contributed by atoms with Crippen molar-refractivity contribution in [1.82, 2.24) is 0 Å². The summed E-state index contributed by atoms with van der Waals surface area (Å²) >= 11 is 0. The third-order valence-corrected chi connectivity index (χ3v) is 0. The monoisotopic (exact) mass is 191 g/mol. The molecule has 0 amide bonds. The van der Waals surface area contributed by atoms with E-state index in [-0.39, 0.29) is 121 Å². The first-order valence-electron chi connectivity index (χ1n) is 0. The van der Waals surface area contributed by atoms with E-state index >= 15 is 0 Å². The van der Waals surface area contributed by atoms with Gasteiger partial charge < -0.3 is 0 Å². The Morgan fingerprint density at radius 1 is 1.00 bits per heavy atom. The van der Waals surface area contributed by atoms with Gasteiger partial charge in [-0.3, -0.25) is 0 Å². The third kappa shape index (κ3) is 18.0. The molecule has 0 rings (SSSR count). The Balaban J connectivity index is 0. The Kier molecular flexibility index (Phi) is 179. The van der Waals surface area contributed by atoms with Crippen LogP contribution in [0.2, 0.25) is 0 Å². The molecule has 0 aliphatic heterocycles. The van der Waals surface area contributed by atoms with Crippen molar-refractivity contribution in [2.75, 3.05) is 0 Å². The largest absolute Gasteiger partial charge is 0 e. The van der Waals surface area contributed by atoms with Crippen LogP contribution in [0.15, 0.2) is 0 Å². The van der Waals surface area contributed by atoms with Gasteiger partial charge in [0.05, 0.1) is 0 Å². The Hall–Kier alpha value is 3.95. The molecular weight excluding hydrogens is 191 g/mol.